The van der Waals surface area contributed by atoms with Gasteiger partial charge in [0.1, 0.15) is 17.2 Å². The number of amides is 1. The molecule has 0 bridgehead atoms. The van der Waals surface area contributed by atoms with Crippen LogP contribution in [-0.4, -0.2) is 17.7 Å². The van der Waals surface area contributed by atoms with Crippen molar-refractivity contribution in [3.63, 3.8) is 0 Å². The average molecular weight is 413 g/mol. The highest BCUT2D eigenvalue weighted by Crippen LogP contribution is 2.48. The molecule has 1 aliphatic rings. The number of aryl methyl sites for hydroxylation is 1. The zero-order valence-corrected chi connectivity index (χ0v) is 18.3. The number of fused-ring (bicyclic) bond motifs is 1. The van der Waals surface area contributed by atoms with Crippen LogP contribution in [0.3, 0.4) is 0 Å². The zero-order chi connectivity index (χ0) is 22.4. The molecule has 1 amide bonds. The van der Waals surface area contributed by atoms with Gasteiger partial charge in [-0.2, -0.15) is 0 Å². The molecule has 0 fully saturated rings. The second-order valence-electron chi connectivity index (χ2n) is 9.11. The van der Waals surface area contributed by atoms with Gasteiger partial charge < -0.3 is 15.2 Å². The summed E-state index contributed by atoms with van der Waals surface area (Å²) in [5, 5.41) is 0. The molecule has 30 heavy (non-hydrogen) atoms. The van der Waals surface area contributed by atoms with Crippen LogP contribution in [0.2, 0.25) is 0 Å². The molecule has 2 aromatic rings. The lowest BCUT2D eigenvalue weighted by atomic mass is 9.72. The first-order valence-electron chi connectivity index (χ1n) is 10.0. The summed E-state index contributed by atoms with van der Waals surface area (Å²) in [7, 11) is 0. The minimum Gasteiger partial charge on any atom is -0.487 e. The Morgan fingerprint density at radius 1 is 1.20 bits per heavy atom. The highest BCUT2D eigenvalue weighted by Gasteiger charge is 2.40. The lowest BCUT2D eigenvalue weighted by Gasteiger charge is -2.43. The number of carbonyl (C=O) groups is 2. The SMILES string of the molecule is CCc1c(-c2cc(C)c3c(c2)C(C)(C)CC(C)(C)O3)ccc(C(=O)OC(N)=O)c1F. The van der Waals surface area contributed by atoms with E-state index in [1.54, 1.807) is 6.07 Å². The Morgan fingerprint density at radius 3 is 2.47 bits per heavy atom. The second kappa shape index (κ2) is 7.42. The van der Waals surface area contributed by atoms with Crippen molar-refractivity contribution in [2.75, 3.05) is 0 Å². The number of carbonyl (C=O) groups excluding carboxylic acids is 2. The van der Waals surface area contributed by atoms with Crippen molar-refractivity contribution in [2.45, 2.75) is 65.4 Å². The van der Waals surface area contributed by atoms with E-state index in [9.17, 15) is 9.59 Å². The maximum absolute atomic E-state index is 15.1. The van der Waals surface area contributed by atoms with Crippen LogP contribution in [0.1, 0.15) is 68.1 Å². The van der Waals surface area contributed by atoms with Crippen molar-refractivity contribution in [3.8, 4) is 16.9 Å². The summed E-state index contributed by atoms with van der Waals surface area (Å²) in [6.07, 6.45) is -0.0537. The van der Waals surface area contributed by atoms with Crippen LogP contribution in [0.5, 0.6) is 5.75 Å². The Morgan fingerprint density at radius 2 is 1.87 bits per heavy atom. The molecule has 5 nitrogen and oxygen atoms in total. The molecule has 0 saturated heterocycles. The monoisotopic (exact) mass is 413 g/mol. The van der Waals surface area contributed by atoms with Crippen LogP contribution in [0.25, 0.3) is 11.1 Å². The lowest BCUT2D eigenvalue weighted by Crippen LogP contribution is -2.41. The van der Waals surface area contributed by atoms with Gasteiger partial charge in [0.05, 0.1) is 5.56 Å². The van der Waals surface area contributed by atoms with Crippen molar-refractivity contribution in [1.29, 1.82) is 0 Å². The molecule has 2 aromatic carbocycles. The van der Waals surface area contributed by atoms with E-state index < -0.39 is 17.9 Å². The molecule has 3 rings (SSSR count). The number of primary amides is 1. The molecule has 1 heterocycles. The highest BCUT2D eigenvalue weighted by atomic mass is 19.1. The van der Waals surface area contributed by atoms with Crippen molar-refractivity contribution in [2.24, 2.45) is 5.73 Å². The maximum atomic E-state index is 15.1. The number of hydrogen-bond donors (Lipinski definition) is 1. The third-order valence-corrected chi connectivity index (χ3v) is 5.57. The Hall–Kier alpha value is -2.89. The van der Waals surface area contributed by atoms with Crippen LogP contribution in [0, 0.1) is 12.7 Å². The summed E-state index contributed by atoms with van der Waals surface area (Å²) in [4.78, 5) is 22.9. The number of rotatable bonds is 3. The third kappa shape index (κ3) is 3.91. The van der Waals surface area contributed by atoms with Gasteiger partial charge in [0.25, 0.3) is 0 Å². The van der Waals surface area contributed by atoms with E-state index in [0.717, 1.165) is 28.9 Å². The minimum atomic E-state index is -1.27. The average Bonchev–Trinajstić information content (AvgIpc) is 2.60. The van der Waals surface area contributed by atoms with Crippen LogP contribution in [0.15, 0.2) is 24.3 Å². The number of esters is 1. The van der Waals surface area contributed by atoms with E-state index in [0.29, 0.717) is 17.5 Å². The normalized spacial score (nSPS) is 16.4. The molecule has 6 heteroatoms. The van der Waals surface area contributed by atoms with Crippen LogP contribution >= 0.6 is 0 Å². The van der Waals surface area contributed by atoms with E-state index in [1.165, 1.54) is 6.07 Å². The number of halogens is 1. The van der Waals surface area contributed by atoms with E-state index in [-0.39, 0.29) is 16.6 Å². The maximum Gasteiger partial charge on any atom is 0.412 e. The minimum absolute atomic E-state index is 0.117. The molecule has 0 atom stereocenters. The predicted molar refractivity (Wildman–Crippen MR) is 113 cm³/mol. The lowest BCUT2D eigenvalue weighted by molar-refractivity contribution is 0.0525. The predicted octanol–water partition coefficient (Wildman–Crippen LogP) is 5.44. The van der Waals surface area contributed by atoms with E-state index in [4.69, 9.17) is 10.5 Å². The number of hydrogen-bond acceptors (Lipinski definition) is 4. The molecule has 0 saturated carbocycles. The van der Waals surface area contributed by atoms with E-state index in [2.05, 4.69) is 32.4 Å². The summed E-state index contributed by atoms with van der Waals surface area (Å²) < 4.78 is 25.7. The van der Waals surface area contributed by atoms with E-state index in [1.807, 2.05) is 26.0 Å². The topological polar surface area (TPSA) is 78.6 Å². The molecular weight excluding hydrogens is 385 g/mol. The first-order valence-corrected chi connectivity index (χ1v) is 10.0. The van der Waals surface area contributed by atoms with Gasteiger partial charge in [0.2, 0.25) is 0 Å². The number of nitrogens with two attached hydrogens (primary N) is 1. The van der Waals surface area contributed by atoms with E-state index >= 15 is 4.39 Å². The Balaban J connectivity index is 2.16. The Kier molecular flexibility index (Phi) is 5.39. The smallest absolute Gasteiger partial charge is 0.412 e. The Bertz CT molecular complexity index is 1040. The fraction of sp³-hybridized carbons (Fsp3) is 0.417. The van der Waals surface area contributed by atoms with Crippen molar-refractivity contribution >= 4 is 12.1 Å². The summed E-state index contributed by atoms with van der Waals surface area (Å²) in [5.74, 6) is -0.923. The summed E-state index contributed by atoms with van der Waals surface area (Å²) in [6, 6.07) is 7.04. The van der Waals surface area contributed by atoms with Gasteiger partial charge in [0.15, 0.2) is 0 Å². The molecule has 0 radical (unpaired) electrons. The standard InChI is InChI=1S/C24H28FNO4/c1-7-15-16(8-9-17(19(15)25)21(27)29-22(26)28)14-10-13(2)20-18(11-14)23(3,4)12-24(5,6)30-20/h8-11H,7,12H2,1-6H3,(H2,26,28). The van der Waals surface area contributed by atoms with Gasteiger partial charge in [-0.05, 0) is 79.5 Å². The number of benzene rings is 2. The van der Waals surface area contributed by atoms with Gasteiger partial charge in [-0.15, -0.1) is 0 Å². The van der Waals surface area contributed by atoms with Crippen LogP contribution in [0.4, 0.5) is 9.18 Å². The van der Waals surface area contributed by atoms with Gasteiger partial charge in [-0.1, -0.05) is 26.8 Å². The largest absolute Gasteiger partial charge is 0.487 e. The van der Waals surface area contributed by atoms with Crippen molar-refractivity contribution < 1.29 is 23.5 Å². The first kappa shape index (κ1) is 21.8. The van der Waals surface area contributed by atoms with Crippen LogP contribution < -0.4 is 10.5 Å². The summed E-state index contributed by atoms with van der Waals surface area (Å²) >= 11 is 0. The molecular formula is C24H28FNO4. The molecule has 0 spiro atoms. The third-order valence-electron chi connectivity index (χ3n) is 5.57. The van der Waals surface area contributed by atoms with Gasteiger partial charge in [-0.25, -0.2) is 14.0 Å². The molecule has 160 valence electrons. The van der Waals surface area contributed by atoms with Gasteiger partial charge >= 0.3 is 12.1 Å². The van der Waals surface area contributed by atoms with Crippen LogP contribution in [-0.2, 0) is 16.6 Å². The summed E-state index contributed by atoms with van der Waals surface area (Å²) in [6.45, 7) is 12.3. The number of ether oxygens (including phenoxy) is 2. The molecule has 0 unspecified atom stereocenters. The fourth-order valence-electron chi connectivity index (χ4n) is 4.58. The first-order chi connectivity index (χ1) is 13.9. The zero-order valence-electron chi connectivity index (χ0n) is 18.3. The molecule has 0 aliphatic carbocycles. The van der Waals surface area contributed by atoms with Gasteiger partial charge in [0, 0.05) is 5.56 Å². The molecule has 1 aliphatic heterocycles. The van der Waals surface area contributed by atoms with Crippen molar-refractivity contribution in [1.82, 2.24) is 0 Å². The van der Waals surface area contributed by atoms with Crippen molar-refractivity contribution in [3.05, 3.63) is 52.3 Å². The fourth-order valence-corrected chi connectivity index (χ4v) is 4.58. The quantitative estimate of drug-likeness (QED) is 0.537. The Labute approximate surface area is 176 Å². The van der Waals surface area contributed by atoms with Gasteiger partial charge in [-0.3, -0.25) is 0 Å². The molecule has 0 aromatic heterocycles. The molecule has 2 N–H and O–H groups in total. The highest BCUT2D eigenvalue weighted by molar-refractivity contribution is 5.97. The summed E-state index contributed by atoms with van der Waals surface area (Å²) in [5.41, 5.74) is 8.16. The second-order valence-corrected chi connectivity index (χ2v) is 9.11.